The molecule has 0 bridgehead atoms. The van der Waals surface area contributed by atoms with Gasteiger partial charge in [0, 0.05) is 6.92 Å². The van der Waals surface area contributed by atoms with Gasteiger partial charge >= 0.3 is 0 Å². The fourth-order valence-electron chi connectivity index (χ4n) is 3.72. The number of hydrogen-bond acceptors (Lipinski definition) is 0. The van der Waals surface area contributed by atoms with Crippen LogP contribution in [0.5, 0.6) is 0 Å². The second kappa shape index (κ2) is 12.7. The molecule has 0 unspecified atom stereocenters. The summed E-state index contributed by atoms with van der Waals surface area (Å²) in [6.07, 6.45) is 21.3. The summed E-state index contributed by atoms with van der Waals surface area (Å²) >= 11 is 0. The minimum atomic E-state index is 1.14. The molecule has 0 radical (unpaired) electrons. The third-order valence-corrected chi connectivity index (χ3v) is 5.45. The van der Waals surface area contributed by atoms with E-state index in [1.54, 1.807) is 0 Å². The van der Waals surface area contributed by atoms with Crippen molar-refractivity contribution in [1.29, 1.82) is 0 Å². The Hall–Kier alpha value is -1.57. The fraction of sp³-hybridized carbons (Fsp3) is 0.625. The molecule has 2 heteroatoms. The first-order valence-corrected chi connectivity index (χ1v) is 11.0. The van der Waals surface area contributed by atoms with Gasteiger partial charge < -0.3 is 0 Å². The summed E-state index contributed by atoms with van der Waals surface area (Å²) in [6, 6.07) is 10.6. The van der Waals surface area contributed by atoms with Gasteiger partial charge in [0.15, 0.2) is 0 Å². The van der Waals surface area contributed by atoms with Crippen molar-refractivity contribution in [1.82, 2.24) is 4.57 Å². The predicted octanol–water partition coefficient (Wildman–Crippen LogP) is 6.77. The molecule has 0 amide bonds. The largest absolute Gasteiger partial charge is 0.258 e. The molecular weight excluding hydrogens is 316 g/mol. The van der Waals surface area contributed by atoms with Gasteiger partial charge in [-0.05, 0) is 25.0 Å². The maximum absolute atomic E-state index is 2.39. The van der Waals surface area contributed by atoms with Crippen molar-refractivity contribution < 1.29 is 4.57 Å². The highest BCUT2D eigenvalue weighted by Crippen LogP contribution is 2.12. The minimum Gasteiger partial charge on any atom is -0.234 e. The molecule has 0 spiro atoms. The van der Waals surface area contributed by atoms with Gasteiger partial charge in [0.1, 0.15) is 18.1 Å². The van der Waals surface area contributed by atoms with E-state index in [4.69, 9.17) is 0 Å². The average molecular weight is 356 g/mol. The molecule has 144 valence electrons. The molecule has 1 heterocycles. The Labute approximate surface area is 161 Å². The number of imidazole rings is 1. The van der Waals surface area contributed by atoms with Crippen LogP contribution >= 0.6 is 0 Å². The number of aromatic nitrogens is 2. The van der Waals surface area contributed by atoms with Crippen molar-refractivity contribution in [2.45, 2.75) is 97.4 Å². The average Bonchev–Trinajstić information content (AvgIpc) is 3.04. The number of unbranched alkanes of at least 4 members (excludes halogenated alkanes) is 11. The quantitative estimate of drug-likeness (QED) is 0.261. The number of rotatable bonds is 14. The van der Waals surface area contributed by atoms with E-state index in [2.05, 4.69) is 65.7 Å². The highest BCUT2D eigenvalue weighted by atomic mass is 15.1. The van der Waals surface area contributed by atoms with Crippen LogP contribution in [0.2, 0.25) is 0 Å². The van der Waals surface area contributed by atoms with E-state index in [-0.39, 0.29) is 0 Å². The lowest BCUT2D eigenvalue weighted by Crippen LogP contribution is -2.35. The first kappa shape index (κ1) is 20.7. The molecule has 1 aromatic heterocycles. The number of hydrogen-bond donors (Lipinski definition) is 0. The predicted molar refractivity (Wildman–Crippen MR) is 112 cm³/mol. The summed E-state index contributed by atoms with van der Waals surface area (Å²) in [7, 11) is 0. The van der Waals surface area contributed by atoms with Gasteiger partial charge in [-0.25, -0.2) is 9.13 Å². The summed E-state index contributed by atoms with van der Waals surface area (Å²) in [5, 5.41) is 0. The molecule has 0 aliphatic carbocycles. The lowest BCUT2D eigenvalue weighted by atomic mass is 10.1. The molecule has 0 aliphatic rings. The molecule has 2 aromatic rings. The molecule has 0 aliphatic heterocycles. The van der Waals surface area contributed by atoms with Gasteiger partial charge in [-0.2, -0.15) is 0 Å². The van der Waals surface area contributed by atoms with E-state index in [9.17, 15) is 0 Å². The Bertz CT molecular complexity index is 586. The molecule has 0 fully saturated rings. The molecule has 1 aromatic carbocycles. The smallest absolute Gasteiger partial charge is 0.234 e. The Kier molecular flexibility index (Phi) is 10.2. The lowest BCUT2D eigenvalue weighted by molar-refractivity contribution is -0.702. The number of aryl methyl sites for hydroxylation is 1. The minimum absolute atomic E-state index is 1.14. The summed E-state index contributed by atoms with van der Waals surface area (Å²) in [4.78, 5) is 0. The Morgan fingerprint density at radius 1 is 0.731 bits per heavy atom. The van der Waals surface area contributed by atoms with Crippen molar-refractivity contribution in [2.24, 2.45) is 0 Å². The zero-order valence-corrected chi connectivity index (χ0v) is 17.1. The normalized spacial score (nSPS) is 11.2. The van der Waals surface area contributed by atoms with Crippen LogP contribution in [0, 0.1) is 6.92 Å². The van der Waals surface area contributed by atoms with Crippen LogP contribution in [-0.4, -0.2) is 4.57 Å². The zero-order valence-electron chi connectivity index (χ0n) is 17.1. The Balaban J connectivity index is 1.52. The molecule has 2 nitrogen and oxygen atoms in total. The molecule has 0 saturated carbocycles. The first-order chi connectivity index (χ1) is 12.8. The molecule has 26 heavy (non-hydrogen) atoms. The summed E-state index contributed by atoms with van der Waals surface area (Å²) in [5.74, 6) is 1.32. The van der Waals surface area contributed by atoms with Crippen LogP contribution < -0.4 is 4.57 Å². The first-order valence-electron chi connectivity index (χ1n) is 11.0. The number of para-hydroxylation sites is 1. The van der Waals surface area contributed by atoms with Crippen molar-refractivity contribution in [3.8, 4) is 5.69 Å². The van der Waals surface area contributed by atoms with Gasteiger partial charge in [0.2, 0.25) is 0 Å². The summed E-state index contributed by atoms with van der Waals surface area (Å²) in [5.41, 5.74) is 1.25. The Morgan fingerprint density at radius 2 is 1.27 bits per heavy atom. The highest BCUT2D eigenvalue weighted by Gasteiger charge is 2.13. The van der Waals surface area contributed by atoms with Crippen molar-refractivity contribution in [3.05, 3.63) is 48.5 Å². The van der Waals surface area contributed by atoms with E-state index in [1.807, 2.05) is 0 Å². The Morgan fingerprint density at radius 3 is 1.85 bits per heavy atom. The van der Waals surface area contributed by atoms with E-state index in [1.165, 1.54) is 88.6 Å². The van der Waals surface area contributed by atoms with Crippen LogP contribution in [-0.2, 0) is 6.54 Å². The number of benzene rings is 1. The molecule has 0 saturated heterocycles. The molecule has 2 rings (SSSR count). The third-order valence-electron chi connectivity index (χ3n) is 5.45. The van der Waals surface area contributed by atoms with Gasteiger partial charge in [-0.15, -0.1) is 0 Å². The van der Waals surface area contributed by atoms with Crippen molar-refractivity contribution >= 4 is 0 Å². The van der Waals surface area contributed by atoms with Gasteiger partial charge in [0.25, 0.3) is 5.82 Å². The lowest BCUT2D eigenvalue weighted by Gasteiger charge is -2.03. The SMILES string of the molecule is CCCCCCCCCCCCCC[n+]1ccn(-c2ccccc2)c1C. The van der Waals surface area contributed by atoms with Gasteiger partial charge in [-0.1, -0.05) is 89.3 Å². The van der Waals surface area contributed by atoms with E-state index in [0.29, 0.717) is 0 Å². The van der Waals surface area contributed by atoms with E-state index < -0.39 is 0 Å². The highest BCUT2D eigenvalue weighted by molar-refractivity contribution is 5.31. The second-order valence-electron chi connectivity index (χ2n) is 7.63. The summed E-state index contributed by atoms with van der Waals surface area (Å²) < 4.78 is 4.67. The van der Waals surface area contributed by atoms with Crippen LogP contribution in [0.4, 0.5) is 0 Å². The van der Waals surface area contributed by atoms with E-state index in [0.717, 1.165) is 6.54 Å². The third kappa shape index (κ3) is 7.35. The maximum atomic E-state index is 2.39. The maximum Gasteiger partial charge on any atom is 0.258 e. The standard InChI is InChI=1S/C24H39N2/c1-3-4-5-6-7-8-9-10-11-12-13-17-20-25-21-22-26(23(25)2)24-18-15-14-16-19-24/h14-16,18-19,21-22H,3-13,17,20H2,1-2H3/q+1. The molecule has 0 atom stereocenters. The molecule has 0 N–H and O–H groups in total. The van der Waals surface area contributed by atoms with Crippen molar-refractivity contribution in [3.63, 3.8) is 0 Å². The topological polar surface area (TPSA) is 8.81 Å². The van der Waals surface area contributed by atoms with Crippen LogP contribution in [0.15, 0.2) is 42.7 Å². The number of nitrogens with zero attached hydrogens (tertiary/aromatic N) is 2. The van der Waals surface area contributed by atoms with Crippen molar-refractivity contribution in [2.75, 3.05) is 0 Å². The van der Waals surface area contributed by atoms with Gasteiger partial charge in [0.05, 0.1) is 6.54 Å². The fourth-order valence-corrected chi connectivity index (χ4v) is 3.72. The second-order valence-corrected chi connectivity index (χ2v) is 7.63. The van der Waals surface area contributed by atoms with Gasteiger partial charge in [-0.3, -0.25) is 0 Å². The van der Waals surface area contributed by atoms with Crippen LogP contribution in [0.1, 0.15) is 89.8 Å². The monoisotopic (exact) mass is 355 g/mol. The molecular formula is C24H39N2+. The summed E-state index contributed by atoms with van der Waals surface area (Å²) in [6.45, 7) is 5.65. The van der Waals surface area contributed by atoms with E-state index >= 15 is 0 Å². The van der Waals surface area contributed by atoms with Crippen LogP contribution in [0.3, 0.4) is 0 Å². The zero-order chi connectivity index (χ0) is 18.5. The van der Waals surface area contributed by atoms with Crippen LogP contribution in [0.25, 0.3) is 5.69 Å².